The molecule has 6 heteroatoms. The van der Waals surface area contributed by atoms with Gasteiger partial charge < -0.3 is 20.7 Å². The largest absolute Gasteiger partial charge is 0.374 e. The fourth-order valence-corrected chi connectivity index (χ4v) is 2.30. The zero-order valence-electron chi connectivity index (χ0n) is 12.3. The van der Waals surface area contributed by atoms with Gasteiger partial charge in [-0.25, -0.2) is 0 Å². The van der Waals surface area contributed by atoms with Gasteiger partial charge in [0.05, 0.1) is 18.8 Å². The summed E-state index contributed by atoms with van der Waals surface area (Å²) >= 11 is 0. The minimum Gasteiger partial charge on any atom is -0.374 e. The van der Waals surface area contributed by atoms with E-state index in [-0.39, 0.29) is 24.4 Å². The minimum atomic E-state index is -0.515. The van der Waals surface area contributed by atoms with Crippen LogP contribution in [0.15, 0.2) is 30.3 Å². The van der Waals surface area contributed by atoms with Crippen molar-refractivity contribution >= 4 is 18.3 Å². The van der Waals surface area contributed by atoms with Gasteiger partial charge in [0, 0.05) is 19.6 Å². The van der Waals surface area contributed by atoms with Gasteiger partial charge in [0.1, 0.15) is 0 Å². The van der Waals surface area contributed by atoms with Gasteiger partial charge in [-0.15, -0.1) is 12.4 Å². The highest BCUT2D eigenvalue weighted by atomic mass is 35.5. The maximum atomic E-state index is 12.0. The Bertz CT molecular complexity index is 430. The van der Waals surface area contributed by atoms with Crippen molar-refractivity contribution < 1.29 is 9.53 Å². The van der Waals surface area contributed by atoms with E-state index in [1.165, 1.54) is 0 Å². The van der Waals surface area contributed by atoms with E-state index < -0.39 is 6.04 Å². The van der Waals surface area contributed by atoms with Crippen LogP contribution in [0.3, 0.4) is 0 Å². The Balaban J connectivity index is 0.00000220. The van der Waals surface area contributed by atoms with Gasteiger partial charge in [-0.2, -0.15) is 0 Å². The van der Waals surface area contributed by atoms with Crippen LogP contribution in [0.2, 0.25) is 0 Å². The van der Waals surface area contributed by atoms with E-state index in [2.05, 4.69) is 17.3 Å². The second-order valence-electron chi connectivity index (χ2n) is 5.30. The number of morpholine rings is 1. The molecule has 1 aliphatic heterocycles. The van der Waals surface area contributed by atoms with Crippen molar-refractivity contribution in [2.24, 2.45) is 5.73 Å². The van der Waals surface area contributed by atoms with Crippen LogP contribution in [-0.4, -0.2) is 56.2 Å². The molecule has 1 heterocycles. The molecule has 1 aromatic carbocycles. The highest BCUT2D eigenvalue weighted by Gasteiger charge is 2.20. The summed E-state index contributed by atoms with van der Waals surface area (Å²) in [6, 6.07) is 9.29. The number of hydrogen-bond acceptors (Lipinski definition) is 4. The third-order valence-electron chi connectivity index (χ3n) is 3.48. The normalized spacial score (nSPS) is 20.4. The molecule has 0 aromatic heterocycles. The van der Waals surface area contributed by atoms with Gasteiger partial charge >= 0.3 is 0 Å². The van der Waals surface area contributed by atoms with Crippen molar-refractivity contribution in [3.63, 3.8) is 0 Å². The monoisotopic (exact) mass is 313 g/mol. The fourth-order valence-electron chi connectivity index (χ4n) is 2.30. The summed E-state index contributed by atoms with van der Waals surface area (Å²) in [6.07, 6.45) is 0.611. The Hall–Kier alpha value is -1.14. The summed E-state index contributed by atoms with van der Waals surface area (Å²) < 4.78 is 5.60. The van der Waals surface area contributed by atoms with Crippen LogP contribution in [-0.2, 0) is 16.0 Å². The second kappa shape index (κ2) is 9.00. The number of benzene rings is 1. The van der Waals surface area contributed by atoms with Gasteiger partial charge in [-0.1, -0.05) is 30.3 Å². The Morgan fingerprint density at radius 2 is 2.19 bits per heavy atom. The molecule has 1 saturated heterocycles. The number of nitrogens with zero attached hydrogens (tertiary/aromatic N) is 1. The predicted octanol–water partition coefficient (Wildman–Crippen LogP) is 0.425. The number of amides is 1. The molecule has 1 fully saturated rings. The van der Waals surface area contributed by atoms with E-state index in [1.807, 2.05) is 30.3 Å². The van der Waals surface area contributed by atoms with Gasteiger partial charge in [0.15, 0.2) is 0 Å². The van der Waals surface area contributed by atoms with Crippen molar-refractivity contribution in [2.45, 2.75) is 18.6 Å². The zero-order chi connectivity index (χ0) is 14.4. The number of nitrogens with one attached hydrogen (secondary N) is 1. The molecule has 5 nitrogen and oxygen atoms in total. The van der Waals surface area contributed by atoms with Crippen molar-refractivity contribution in [3.05, 3.63) is 35.9 Å². The lowest BCUT2D eigenvalue weighted by molar-refractivity contribution is -0.123. The molecule has 0 spiro atoms. The van der Waals surface area contributed by atoms with Crippen LogP contribution in [0.5, 0.6) is 0 Å². The number of carbonyl (C=O) groups excluding carboxylic acids is 1. The number of rotatable bonds is 5. The first-order valence-electron chi connectivity index (χ1n) is 7.02. The number of hydrogen-bond donors (Lipinski definition) is 2. The SMILES string of the molecule is CN1CCOC(CNC(=O)C(N)Cc2ccccc2)C1.Cl. The number of carbonyl (C=O) groups is 1. The smallest absolute Gasteiger partial charge is 0.237 e. The molecular formula is C15H24ClN3O2. The molecule has 1 aromatic rings. The molecule has 0 radical (unpaired) electrons. The number of likely N-dealkylation sites (N-methyl/N-ethyl adjacent to an activating group) is 1. The fraction of sp³-hybridized carbons (Fsp3) is 0.533. The molecule has 1 amide bonds. The van der Waals surface area contributed by atoms with Gasteiger partial charge in [-0.3, -0.25) is 4.79 Å². The second-order valence-corrected chi connectivity index (χ2v) is 5.30. The summed E-state index contributed by atoms with van der Waals surface area (Å²) in [5.74, 6) is -0.120. The number of halogens is 1. The molecule has 118 valence electrons. The van der Waals surface area contributed by atoms with E-state index in [0.717, 1.165) is 18.7 Å². The predicted molar refractivity (Wildman–Crippen MR) is 85.6 cm³/mol. The van der Waals surface area contributed by atoms with Crippen LogP contribution in [0, 0.1) is 0 Å². The summed E-state index contributed by atoms with van der Waals surface area (Å²) in [6.45, 7) is 3.02. The van der Waals surface area contributed by atoms with Crippen LogP contribution in [0.1, 0.15) is 5.56 Å². The minimum absolute atomic E-state index is 0. The van der Waals surface area contributed by atoms with Crippen LogP contribution in [0.4, 0.5) is 0 Å². The van der Waals surface area contributed by atoms with Crippen molar-refractivity contribution in [1.82, 2.24) is 10.2 Å². The van der Waals surface area contributed by atoms with Gasteiger partial charge in [-0.05, 0) is 19.0 Å². The molecule has 0 aliphatic carbocycles. The maximum absolute atomic E-state index is 12.0. The van der Waals surface area contributed by atoms with Crippen molar-refractivity contribution in [2.75, 3.05) is 33.3 Å². The van der Waals surface area contributed by atoms with Crippen molar-refractivity contribution in [1.29, 1.82) is 0 Å². The summed E-state index contributed by atoms with van der Waals surface area (Å²) in [5.41, 5.74) is 7.00. The molecule has 0 saturated carbocycles. The standard InChI is InChI=1S/C15H23N3O2.ClH/c1-18-7-8-20-13(11-18)10-17-15(19)14(16)9-12-5-3-2-4-6-12;/h2-6,13-14H,7-11,16H2,1H3,(H,17,19);1H. The highest BCUT2D eigenvalue weighted by Crippen LogP contribution is 2.03. The lowest BCUT2D eigenvalue weighted by Gasteiger charge is -2.30. The first-order chi connectivity index (χ1) is 9.65. The van der Waals surface area contributed by atoms with Crippen molar-refractivity contribution in [3.8, 4) is 0 Å². The lowest BCUT2D eigenvalue weighted by atomic mass is 10.1. The average Bonchev–Trinajstić information content (AvgIpc) is 2.46. The van der Waals surface area contributed by atoms with Crippen LogP contribution in [0.25, 0.3) is 0 Å². The lowest BCUT2D eigenvalue weighted by Crippen LogP contribution is -2.49. The summed E-state index contributed by atoms with van der Waals surface area (Å²) in [7, 11) is 2.05. The molecule has 2 unspecified atom stereocenters. The third kappa shape index (κ3) is 6.01. The van der Waals surface area contributed by atoms with Crippen LogP contribution >= 0.6 is 12.4 Å². The van der Waals surface area contributed by atoms with Gasteiger partial charge in [0.2, 0.25) is 5.91 Å². The Morgan fingerprint density at radius 1 is 1.48 bits per heavy atom. The molecule has 2 atom stereocenters. The summed E-state index contributed by atoms with van der Waals surface area (Å²) in [4.78, 5) is 14.2. The van der Waals surface area contributed by atoms with Gasteiger partial charge in [0.25, 0.3) is 0 Å². The molecular weight excluding hydrogens is 290 g/mol. The van der Waals surface area contributed by atoms with E-state index in [0.29, 0.717) is 19.6 Å². The van der Waals surface area contributed by atoms with E-state index in [9.17, 15) is 4.79 Å². The highest BCUT2D eigenvalue weighted by molar-refractivity contribution is 5.85. The molecule has 3 N–H and O–H groups in total. The quantitative estimate of drug-likeness (QED) is 0.827. The maximum Gasteiger partial charge on any atom is 0.237 e. The average molecular weight is 314 g/mol. The van der Waals surface area contributed by atoms with E-state index >= 15 is 0 Å². The Morgan fingerprint density at radius 3 is 2.86 bits per heavy atom. The molecule has 21 heavy (non-hydrogen) atoms. The Labute approximate surface area is 132 Å². The van der Waals surface area contributed by atoms with Crippen LogP contribution < -0.4 is 11.1 Å². The zero-order valence-corrected chi connectivity index (χ0v) is 13.1. The third-order valence-corrected chi connectivity index (χ3v) is 3.48. The van der Waals surface area contributed by atoms with E-state index in [1.54, 1.807) is 0 Å². The number of ether oxygens (including phenoxy) is 1. The summed E-state index contributed by atoms with van der Waals surface area (Å²) in [5, 5.41) is 2.88. The number of nitrogens with two attached hydrogens (primary N) is 1. The Kier molecular flexibility index (Phi) is 7.67. The first-order valence-corrected chi connectivity index (χ1v) is 7.02. The molecule has 1 aliphatic rings. The first kappa shape index (κ1) is 17.9. The topological polar surface area (TPSA) is 67.6 Å². The molecule has 2 rings (SSSR count). The van der Waals surface area contributed by atoms with E-state index in [4.69, 9.17) is 10.5 Å². The molecule has 0 bridgehead atoms.